The van der Waals surface area contributed by atoms with Crippen LogP contribution in [0.1, 0.15) is 185 Å². The summed E-state index contributed by atoms with van der Waals surface area (Å²) >= 11 is 0. The first kappa shape index (κ1) is 96.4. The van der Waals surface area contributed by atoms with Crippen LogP contribution in [0, 0.1) is 41.4 Å². The van der Waals surface area contributed by atoms with Crippen molar-refractivity contribution in [3.63, 3.8) is 0 Å². The quantitative estimate of drug-likeness (QED) is 0.0640. The second-order valence-electron chi connectivity index (χ2n) is 32.2. The third kappa shape index (κ3) is 27.0. The average Bonchev–Trinajstić information content (AvgIpc) is 1.14. The number of aromatic amines is 1. The number of hydrogen-bond acceptors (Lipinski definition) is 18. The molecule has 628 valence electrons. The maximum atomic E-state index is 15.6. The number of H-pyrrole nitrogens is 1. The van der Waals surface area contributed by atoms with Crippen molar-refractivity contribution in [2.75, 3.05) is 55.9 Å². The number of amides is 13. The summed E-state index contributed by atoms with van der Waals surface area (Å²) in [6, 6.07) is -12.8. The molecule has 0 radical (unpaired) electrons. The summed E-state index contributed by atoms with van der Waals surface area (Å²) in [5, 5.41) is 56.5. The number of fused-ring (bicyclic) bond motifs is 1. The maximum Gasteiger partial charge on any atom is 0.326 e. The minimum atomic E-state index is -1.90. The normalized spacial score (nSPS) is 23.6. The van der Waals surface area contributed by atoms with Gasteiger partial charge in [-0.15, -0.1) is 0 Å². The number of carboxylic acid groups (broad SMARTS) is 3. The Hall–Kier alpha value is -9.83. The number of hydrogen-bond donors (Lipinski definition) is 11. The highest BCUT2D eigenvalue weighted by Gasteiger charge is 2.46. The van der Waals surface area contributed by atoms with Crippen LogP contribution in [0.25, 0.3) is 11.0 Å². The van der Waals surface area contributed by atoms with Gasteiger partial charge in [-0.1, -0.05) is 96.9 Å². The van der Waals surface area contributed by atoms with E-state index in [0.717, 1.165) is 19.6 Å². The lowest BCUT2D eigenvalue weighted by atomic mass is 9.91. The van der Waals surface area contributed by atoms with Crippen LogP contribution >= 0.6 is 0 Å². The molecule has 1 aromatic heterocycles. The number of carbonyl (C=O) groups is 16. The molecule has 112 heavy (non-hydrogen) atoms. The van der Waals surface area contributed by atoms with Crippen LogP contribution in [0.2, 0.25) is 0 Å². The number of carbonyl (C=O) groups excluding carboxylic acids is 13. The zero-order valence-corrected chi connectivity index (χ0v) is 69.5. The summed E-state index contributed by atoms with van der Waals surface area (Å²) in [7, 11) is 9.45. The minimum Gasteiger partial charge on any atom is -0.481 e. The Morgan fingerprint density at radius 3 is 1.46 bits per heavy atom. The number of imidazole rings is 1. The van der Waals surface area contributed by atoms with Gasteiger partial charge in [0.2, 0.25) is 70.9 Å². The summed E-state index contributed by atoms with van der Waals surface area (Å²) in [4.78, 5) is 241. The first-order valence-corrected chi connectivity index (χ1v) is 38.4. The van der Waals surface area contributed by atoms with Crippen LogP contribution in [0.4, 0.5) is 0 Å². The summed E-state index contributed by atoms with van der Waals surface area (Å²) in [5.74, 6) is -17.8. The van der Waals surface area contributed by atoms with Gasteiger partial charge in [-0.2, -0.15) is 0 Å². The van der Waals surface area contributed by atoms with Gasteiger partial charge in [-0.05, 0) is 118 Å². The molecule has 3 rings (SSSR count). The van der Waals surface area contributed by atoms with Crippen molar-refractivity contribution in [1.82, 2.24) is 76.2 Å². The molecule has 1 saturated heterocycles. The summed E-state index contributed by atoms with van der Waals surface area (Å²) < 4.78 is 0. The molecule has 1 fully saturated rings. The third-order valence-corrected chi connectivity index (χ3v) is 20.2. The Morgan fingerprint density at radius 1 is 0.509 bits per heavy atom. The van der Waals surface area contributed by atoms with E-state index in [-0.39, 0.29) is 84.6 Å². The molecule has 0 saturated carbocycles. The molecule has 0 aliphatic carbocycles. The van der Waals surface area contributed by atoms with E-state index in [9.17, 15) is 72.9 Å². The predicted molar refractivity (Wildman–Crippen MR) is 413 cm³/mol. The Kier molecular flexibility index (Phi) is 37.2. The SMILES string of the molecule is CCC1NC(=O)C(C(O)C(C)Cc2nc3ccc(C(=O)NC(CCC(=O)O)C(=O)NC(CCC(=O)O)C(=O)O)cc3[nH]2)N(C)C(=O)C(C(C)C)N(C)C(=O)C(CC(C)C)N(C)C(=O)C(CC(C)C)N(C)C(=O)C(C)NC(=O)C(C)NC(=O)C(CC(C)C)N(C)C(=O)C(C(C)C)NC(=O)C(CC(C)C)N(C)C(=O)CN(C)C1=O. The lowest BCUT2D eigenvalue weighted by molar-refractivity contribution is -0.157. The molecular formula is C77H125N15O20. The summed E-state index contributed by atoms with van der Waals surface area (Å²) in [5.41, 5.74) is 0.405. The molecule has 0 bridgehead atoms. The van der Waals surface area contributed by atoms with Gasteiger partial charge in [0.1, 0.15) is 78.3 Å². The standard InChI is InChI=1S/C77H125N15O20/c1-24-48-72(106)86(17)37-58(93)87(18)53(31-38(2)3)69(103)85-61(42(10)11)75(109)88(19)54(32-39(4)5)68(102)78-45(15)65(99)79-46(16)71(105)89(20)55(33-40(6)7)73(107)90(21)56(34-41(8)9)74(108)91(22)62(43(12)13)76(110)92(23)63(70(104)82-48)64(98)44(14)35-57-80-49-26-25-47(36-52(49)81-57)66(100)83-50(27-29-59(94)95)67(101)84-51(77(111)112)28-30-60(96)97/h25-26,36,38-46,48,50-51,53-56,61-64,98H,24,27-35,37H2,1-23H3,(H,78,102)(H,79,99)(H,80,81)(H,82,104)(H,83,100)(H,84,101)(H,85,103)(H,94,95)(H,96,97)(H,111,112). The smallest absolute Gasteiger partial charge is 0.326 e. The molecule has 1 aliphatic rings. The number of nitrogens with one attached hydrogen (secondary N) is 7. The first-order valence-electron chi connectivity index (χ1n) is 38.4. The van der Waals surface area contributed by atoms with Crippen molar-refractivity contribution in [3.8, 4) is 0 Å². The topological polar surface area (TPSA) is 478 Å². The number of carboxylic acids is 3. The minimum absolute atomic E-state index is 0.0413. The zero-order valence-electron chi connectivity index (χ0n) is 69.5. The monoisotopic (exact) mass is 1580 g/mol. The van der Waals surface area contributed by atoms with Crippen LogP contribution in [0.3, 0.4) is 0 Å². The van der Waals surface area contributed by atoms with Gasteiger partial charge >= 0.3 is 17.9 Å². The maximum absolute atomic E-state index is 15.6. The molecule has 0 spiro atoms. The van der Waals surface area contributed by atoms with Gasteiger partial charge in [0.25, 0.3) is 5.91 Å². The summed E-state index contributed by atoms with van der Waals surface area (Å²) in [6.45, 7) is 26.5. The molecule has 13 amide bonds. The highest BCUT2D eigenvalue weighted by Crippen LogP contribution is 2.27. The summed E-state index contributed by atoms with van der Waals surface area (Å²) in [6.07, 6.45) is -4.13. The molecule has 35 nitrogen and oxygen atoms in total. The molecule has 1 aliphatic heterocycles. The first-order chi connectivity index (χ1) is 51.9. The van der Waals surface area contributed by atoms with Gasteiger partial charge < -0.3 is 91.6 Å². The Balaban J connectivity index is 2.33. The fraction of sp³-hybridized carbons (Fsp3) is 0.701. The van der Waals surface area contributed by atoms with E-state index in [2.05, 4.69) is 41.9 Å². The van der Waals surface area contributed by atoms with Gasteiger partial charge in [-0.3, -0.25) is 71.9 Å². The molecule has 35 heteroatoms. The van der Waals surface area contributed by atoms with Gasteiger partial charge in [0, 0.05) is 74.2 Å². The van der Waals surface area contributed by atoms with Crippen molar-refractivity contribution in [2.45, 2.75) is 254 Å². The molecule has 2 aromatic rings. The van der Waals surface area contributed by atoms with Crippen LogP contribution in [-0.2, 0) is 78.3 Å². The predicted octanol–water partition coefficient (Wildman–Crippen LogP) is 1.82. The van der Waals surface area contributed by atoms with Crippen LogP contribution in [-0.4, -0.2) is 294 Å². The fourth-order valence-corrected chi connectivity index (χ4v) is 13.5. The second-order valence-corrected chi connectivity index (χ2v) is 32.2. The molecule has 14 atom stereocenters. The van der Waals surface area contributed by atoms with Crippen molar-refractivity contribution < 1.29 is 97.1 Å². The van der Waals surface area contributed by atoms with E-state index < -0.39 is 223 Å². The Bertz CT molecular complexity index is 3690. The Morgan fingerprint density at radius 2 is 0.973 bits per heavy atom. The largest absolute Gasteiger partial charge is 0.481 e. The van der Waals surface area contributed by atoms with Crippen molar-refractivity contribution in [2.24, 2.45) is 41.4 Å². The average molecular weight is 1580 g/mol. The van der Waals surface area contributed by atoms with Crippen molar-refractivity contribution >= 4 is 106 Å². The third-order valence-electron chi connectivity index (χ3n) is 20.2. The lowest BCUT2D eigenvalue weighted by Crippen LogP contribution is -2.63. The molecule has 2 heterocycles. The van der Waals surface area contributed by atoms with E-state index in [1.165, 1.54) is 103 Å². The van der Waals surface area contributed by atoms with Crippen molar-refractivity contribution in [3.05, 3.63) is 29.6 Å². The number of aliphatic hydroxyl groups is 1. The van der Waals surface area contributed by atoms with Crippen LogP contribution < -0.4 is 31.9 Å². The number of rotatable bonds is 26. The number of aliphatic carboxylic acids is 3. The molecule has 11 N–H and O–H groups in total. The number of aliphatic hydroxyl groups excluding tert-OH is 1. The van der Waals surface area contributed by atoms with E-state index >= 15 is 19.2 Å². The molecular weight excluding hydrogens is 1450 g/mol. The van der Waals surface area contributed by atoms with Crippen LogP contribution in [0.15, 0.2) is 18.2 Å². The zero-order chi connectivity index (χ0) is 85.7. The van der Waals surface area contributed by atoms with Gasteiger partial charge in [0.05, 0.1) is 23.7 Å². The van der Waals surface area contributed by atoms with E-state index in [0.29, 0.717) is 0 Å². The fourth-order valence-electron chi connectivity index (χ4n) is 13.5. The number of likely N-dealkylation sites (N-methyl/N-ethyl adjacent to an activating group) is 7. The Labute approximate surface area is 656 Å². The van der Waals surface area contributed by atoms with E-state index in [1.807, 2.05) is 55.4 Å². The lowest BCUT2D eigenvalue weighted by Gasteiger charge is -2.41. The van der Waals surface area contributed by atoms with E-state index in [4.69, 9.17) is 5.11 Å². The van der Waals surface area contributed by atoms with Gasteiger partial charge in [-0.25, -0.2) is 9.78 Å². The van der Waals surface area contributed by atoms with Crippen LogP contribution in [0.5, 0.6) is 0 Å². The molecule has 1 aromatic carbocycles. The highest BCUT2D eigenvalue weighted by molar-refractivity contribution is 6.02. The number of nitrogens with zero attached hydrogens (tertiary/aromatic N) is 8. The molecule has 14 unspecified atom stereocenters. The number of aromatic nitrogens is 2. The van der Waals surface area contributed by atoms with Gasteiger partial charge in [0.15, 0.2) is 0 Å². The van der Waals surface area contributed by atoms with E-state index in [1.54, 1.807) is 34.6 Å². The highest BCUT2D eigenvalue weighted by atomic mass is 16.4. The van der Waals surface area contributed by atoms with Crippen molar-refractivity contribution in [1.29, 1.82) is 0 Å². The second kappa shape index (κ2) is 43.3. The number of benzene rings is 1.